The summed E-state index contributed by atoms with van der Waals surface area (Å²) in [6, 6.07) is 25.8. The lowest BCUT2D eigenvalue weighted by atomic mass is 10.1. The number of para-hydroxylation sites is 1. The fraction of sp³-hybridized carbons (Fsp3) is 0.0500. The Bertz CT molecular complexity index is 787. The zero-order chi connectivity index (χ0) is 16.8. The zero-order valence-corrected chi connectivity index (χ0v) is 13.0. The minimum atomic E-state index is -0.910. The van der Waals surface area contributed by atoms with Crippen LogP contribution in [0.4, 0.5) is 17.1 Å². The first-order valence-electron chi connectivity index (χ1n) is 7.69. The van der Waals surface area contributed by atoms with Crippen LogP contribution in [-0.4, -0.2) is 11.1 Å². The summed E-state index contributed by atoms with van der Waals surface area (Å²) in [5.74, 6) is -0.910. The van der Waals surface area contributed by atoms with Crippen LogP contribution in [0.1, 0.15) is 11.6 Å². The fourth-order valence-electron chi connectivity index (χ4n) is 2.44. The number of carboxylic acid groups (broad SMARTS) is 1. The Morgan fingerprint density at radius 1 is 0.708 bits per heavy atom. The highest BCUT2D eigenvalue weighted by atomic mass is 16.4. The second kappa shape index (κ2) is 7.33. The summed E-state index contributed by atoms with van der Waals surface area (Å²) in [5, 5.41) is 15.8. The lowest BCUT2D eigenvalue weighted by Crippen LogP contribution is -2.20. The number of rotatable bonds is 6. The summed E-state index contributed by atoms with van der Waals surface area (Å²) in [6.07, 6.45) is 0. The van der Waals surface area contributed by atoms with Crippen molar-refractivity contribution in [2.75, 3.05) is 10.6 Å². The Morgan fingerprint density at radius 2 is 1.21 bits per heavy atom. The van der Waals surface area contributed by atoms with Crippen LogP contribution >= 0.6 is 0 Å². The van der Waals surface area contributed by atoms with Gasteiger partial charge in [-0.2, -0.15) is 0 Å². The first kappa shape index (κ1) is 15.6. The molecule has 0 amide bonds. The van der Waals surface area contributed by atoms with Gasteiger partial charge in [-0.25, -0.2) is 4.79 Å². The molecule has 4 heteroatoms. The van der Waals surface area contributed by atoms with Crippen LogP contribution in [0.3, 0.4) is 0 Å². The summed E-state index contributed by atoms with van der Waals surface area (Å²) < 4.78 is 0. The van der Waals surface area contributed by atoms with Crippen LogP contribution in [0.5, 0.6) is 0 Å². The Morgan fingerprint density at radius 3 is 1.79 bits per heavy atom. The molecular weight excluding hydrogens is 300 g/mol. The van der Waals surface area contributed by atoms with Gasteiger partial charge in [0.2, 0.25) is 0 Å². The summed E-state index contributed by atoms with van der Waals surface area (Å²) >= 11 is 0. The van der Waals surface area contributed by atoms with Crippen LogP contribution in [0.25, 0.3) is 0 Å². The Hall–Kier alpha value is -3.27. The molecule has 0 bridgehead atoms. The van der Waals surface area contributed by atoms with Gasteiger partial charge in [-0.15, -0.1) is 0 Å². The normalized spacial score (nSPS) is 11.5. The first-order chi connectivity index (χ1) is 11.7. The molecule has 0 aliphatic heterocycles. The molecule has 3 aromatic carbocycles. The lowest BCUT2D eigenvalue weighted by Gasteiger charge is -2.16. The van der Waals surface area contributed by atoms with E-state index in [1.165, 1.54) is 0 Å². The topological polar surface area (TPSA) is 61.4 Å². The lowest BCUT2D eigenvalue weighted by molar-refractivity contribution is -0.138. The second-order valence-corrected chi connectivity index (χ2v) is 5.39. The molecule has 0 aliphatic rings. The Balaban J connectivity index is 1.72. The third kappa shape index (κ3) is 3.93. The monoisotopic (exact) mass is 318 g/mol. The van der Waals surface area contributed by atoms with Gasteiger partial charge in [-0.3, -0.25) is 0 Å². The maximum Gasteiger partial charge on any atom is 0.330 e. The Kier molecular flexibility index (Phi) is 4.77. The maximum absolute atomic E-state index is 11.5. The first-order valence-corrected chi connectivity index (χ1v) is 7.69. The van der Waals surface area contributed by atoms with Crippen LogP contribution in [0, 0.1) is 0 Å². The number of hydrogen-bond donors (Lipinski definition) is 3. The molecule has 0 radical (unpaired) electrons. The largest absolute Gasteiger partial charge is 0.479 e. The number of carbonyl (C=O) groups is 1. The third-order valence-electron chi connectivity index (χ3n) is 3.64. The average molecular weight is 318 g/mol. The van der Waals surface area contributed by atoms with Gasteiger partial charge in [0.15, 0.2) is 6.04 Å². The quantitative estimate of drug-likeness (QED) is 0.618. The van der Waals surface area contributed by atoms with Gasteiger partial charge < -0.3 is 15.7 Å². The molecule has 0 saturated heterocycles. The number of hydrogen-bond acceptors (Lipinski definition) is 3. The molecule has 3 aromatic rings. The molecular formula is C20H18N2O2. The summed E-state index contributed by atoms with van der Waals surface area (Å²) in [7, 11) is 0. The highest BCUT2D eigenvalue weighted by Gasteiger charge is 2.19. The van der Waals surface area contributed by atoms with Gasteiger partial charge in [0.1, 0.15) is 0 Å². The molecule has 24 heavy (non-hydrogen) atoms. The van der Waals surface area contributed by atoms with Crippen molar-refractivity contribution >= 4 is 23.0 Å². The van der Waals surface area contributed by atoms with Crippen molar-refractivity contribution in [3.8, 4) is 0 Å². The van der Waals surface area contributed by atoms with E-state index in [4.69, 9.17) is 0 Å². The fourth-order valence-corrected chi connectivity index (χ4v) is 2.44. The van der Waals surface area contributed by atoms with Gasteiger partial charge >= 0.3 is 5.97 Å². The van der Waals surface area contributed by atoms with Crippen molar-refractivity contribution in [2.45, 2.75) is 6.04 Å². The van der Waals surface area contributed by atoms with E-state index >= 15 is 0 Å². The van der Waals surface area contributed by atoms with E-state index in [1.807, 2.05) is 72.8 Å². The van der Waals surface area contributed by atoms with Gasteiger partial charge in [0.25, 0.3) is 0 Å². The number of benzene rings is 3. The molecule has 0 aromatic heterocycles. The number of carboxylic acids is 1. The molecule has 0 unspecified atom stereocenters. The SMILES string of the molecule is O=C(O)[C@@H](Nc1ccc(Nc2ccccc2)cc1)c1ccccc1. The van der Waals surface area contributed by atoms with E-state index in [9.17, 15) is 9.90 Å². The van der Waals surface area contributed by atoms with Gasteiger partial charge in [0.05, 0.1) is 0 Å². The van der Waals surface area contributed by atoms with E-state index < -0.39 is 12.0 Å². The minimum absolute atomic E-state index is 0.719. The summed E-state index contributed by atoms with van der Waals surface area (Å²) in [5.41, 5.74) is 3.42. The molecule has 0 heterocycles. The minimum Gasteiger partial charge on any atom is -0.479 e. The van der Waals surface area contributed by atoms with Crippen molar-refractivity contribution in [1.82, 2.24) is 0 Å². The highest BCUT2D eigenvalue weighted by molar-refractivity contribution is 5.79. The molecule has 3 N–H and O–H groups in total. The van der Waals surface area contributed by atoms with Crippen LogP contribution in [-0.2, 0) is 4.79 Å². The summed E-state index contributed by atoms with van der Waals surface area (Å²) in [4.78, 5) is 11.5. The number of aliphatic carboxylic acids is 1. The van der Waals surface area contributed by atoms with Crippen LogP contribution in [0.15, 0.2) is 84.9 Å². The zero-order valence-electron chi connectivity index (χ0n) is 13.0. The van der Waals surface area contributed by atoms with Gasteiger partial charge in [-0.05, 0) is 42.0 Å². The highest BCUT2D eigenvalue weighted by Crippen LogP contribution is 2.23. The molecule has 0 aliphatic carbocycles. The predicted octanol–water partition coefficient (Wildman–Crippen LogP) is 4.67. The van der Waals surface area contributed by atoms with Crippen molar-refractivity contribution in [3.05, 3.63) is 90.5 Å². The van der Waals surface area contributed by atoms with Crippen molar-refractivity contribution in [2.24, 2.45) is 0 Å². The molecule has 1 atom stereocenters. The van der Waals surface area contributed by atoms with Gasteiger partial charge in [-0.1, -0.05) is 48.5 Å². The number of anilines is 3. The van der Waals surface area contributed by atoms with Crippen molar-refractivity contribution < 1.29 is 9.90 Å². The van der Waals surface area contributed by atoms with Crippen LogP contribution in [0.2, 0.25) is 0 Å². The van der Waals surface area contributed by atoms with Crippen molar-refractivity contribution in [3.63, 3.8) is 0 Å². The van der Waals surface area contributed by atoms with Gasteiger partial charge in [0, 0.05) is 17.1 Å². The molecule has 0 saturated carbocycles. The second-order valence-electron chi connectivity index (χ2n) is 5.39. The molecule has 0 fully saturated rings. The average Bonchev–Trinajstić information content (AvgIpc) is 2.62. The standard InChI is InChI=1S/C20H18N2O2/c23-20(24)19(15-7-3-1-4-8-15)22-18-13-11-17(12-14-18)21-16-9-5-2-6-10-16/h1-14,19,21-22H,(H,23,24)/t19-/m0/s1. The number of nitrogens with one attached hydrogen (secondary N) is 2. The predicted molar refractivity (Wildman–Crippen MR) is 96.6 cm³/mol. The third-order valence-corrected chi connectivity index (χ3v) is 3.64. The maximum atomic E-state index is 11.5. The molecule has 3 rings (SSSR count). The molecule has 0 spiro atoms. The van der Waals surface area contributed by atoms with E-state index in [2.05, 4.69) is 10.6 Å². The van der Waals surface area contributed by atoms with E-state index in [-0.39, 0.29) is 0 Å². The molecule has 120 valence electrons. The van der Waals surface area contributed by atoms with Crippen molar-refractivity contribution in [1.29, 1.82) is 0 Å². The molecule has 4 nitrogen and oxygen atoms in total. The Labute approximate surface area is 140 Å². The van der Waals surface area contributed by atoms with Crippen LogP contribution < -0.4 is 10.6 Å². The smallest absolute Gasteiger partial charge is 0.330 e. The van der Waals surface area contributed by atoms with E-state index in [0.29, 0.717) is 0 Å². The van der Waals surface area contributed by atoms with E-state index in [1.54, 1.807) is 12.1 Å². The summed E-state index contributed by atoms with van der Waals surface area (Å²) in [6.45, 7) is 0. The van der Waals surface area contributed by atoms with E-state index in [0.717, 1.165) is 22.6 Å².